The van der Waals surface area contributed by atoms with Gasteiger partial charge in [-0.25, -0.2) is 4.39 Å². The summed E-state index contributed by atoms with van der Waals surface area (Å²) in [5.41, 5.74) is 8.77. The molecule has 50 heavy (non-hydrogen) atoms. The molecular weight excluding hydrogens is 767 g/mol. The molecule has 1 aliphatic carbocycles. The average molecular weight is 795 g/mol. The Hall–Kier alpha value is -4.90. The minimum absolute atomic E-state index is 0.343. The first-order valence-corrected chi connectivity index (χ1v) is 17.9. The molecule has 0 saturated heterocycles. The lowest BCUT2D eigenvalue weighted by Crippen LogP contribution is -2.41. The van der Waals surface area contributed by atoms with Gasteiger partial charge in [0.15, 0.2) is 0 Å². The molecule has 240 valence electrons. The lowest BCUT2D eigenvalue weighted by Gasteiger charge is -2.49. The van der Waals surface area contributed by atoms with E-state index in [9.17, 15) is 0 Å². The number of terminal acetylenes is 2. The molecule has 0 aliphatic heterocycles. The predicted molar refractivity (Wildman–Crippen MR) is 213 cm³/mol. The Bertz CT molecular complexity index is 2380. The van der Waals surface area contributed by atoms with Crippen LogP contribution in [0.25, 0.3) is 16.7 Å². The van der Waals surface area contributed by atoms with Gasteiger partial charge in [-0.1, -0.05) is 146 Å². The smallest absolute Gasteiger partial charge is 0.123 e. The van der Waals surface area contributed by atoms with Crippen molar-refractivity contribution in [3.63, 3.8) is 0 Å². The lowest BCUT2D eigenvalue weighted by atomic mass is 9.51. The first-order chi connectivity index (χ1) is 24.3. The van der Waals surface area contributed by atoms with Gasteiger partial charge in [-0.15, -0.1) is 12.8 Å². The molecule has 2 atom stereocenters. The Morgan fingerprint density at radius 3 is 1.92 bits per heavy atom. The standard InChI is InChI=1S/C46H28Br2ClF/c1-3-30-19-21-31(22-20-30)43-42(33-11-8-17-39(49)27-33)41(4-2)44(34-12-9-18-40(50)28-34)46(35-13-6-5-7-14-35,36-15-10-16-38(48)29-36)45(43)32-23-25-37(47)26-24-32/h1-2,5-29,44H. The number of allylic oxidation sites excluding steroid dienone is 4. The van der Waals surface area contributed by atoms with Crippen molar-refractivity contribution in [1.82, 2.24) is 0 Å². The van der Waals surface area contributed by atoms with Crippen LogP contribution in [-0.2, 0) is 5.41 Å². The van der Waals surface area contributed by atoms with Crippen molar-refractivity contribution in [3.8, 4) is 24.7 Å². The topological polar surface area (TPSA) is 0 Å². The van der Waals surface area contributed by atoms with Gasteiger partial charge >= 0.3 is 0 Å². The van der Waals surface area contributed by atoms with Crippen molar-refractivity contribution in [3.05, 3.63) is 216 Å². The summed E-state index contributed by atoms with van der Waals surface area (Å²) in [6.45, 7) is 0. The minimum atomic E-state index is -0.976. The molecule has 6 aromatic rings. The summed E-state index contributed by atoms with van der Waals surface area (Å²) in [6.07, 6.45) is 12.6. The second-order valence-corrected chi connectivity index (χ2v) is 14.4. The van der Waals surface area contributed by atoms with E-state index in [0.29, 0.717) is 10.6 Å². The van der Waals surface area contributed by atoms with Gasteiger partial charge in [0.05, 0.1) is 5.41 Å². The highest BCUT2D eigenvalue weighted by Gasteiger charge is 2.53. The van der Waals surface area contributed by atoms with Crippen LogP contribution in [0, 0.1) is 30.5 Å². The van der Waals surface area contributed by atoms with E-state index in [4.69, 9.17) is 24.4 Å². The van der Waals surface area contributed by atoms with E-state index in [1.54, 1.807) is 12.1 Å². The molecule has 4 heteroatoms. The van der Waals surface area contributed by atoms with Crippen LogP contribution < -0.4 is 0 Å². The molecule has 0 heterocycles. The van der Waals surface area contributed by atoms with Gasteiger partial charge in [0.2, 0.25) is 0 Å². The Morgan fingerprint density at radius 1 is 0.580 bits per heavy atom. The summed E-state index contributed by atoms with van der Waals surface area (Å²) in [4.78, 5) is 0. The first-order valence-electron chi connectivity index (χ1n) is 16.0. The van der Waals surface area contributed by atoms with Crippen LogP contribution in [0.2, 0.25) is 5.02 Å². The van der Waals surface area contributed by atoms with Gasteiger partial charge in [0.25, 0.3) is 0 Å². The minimum Gasteiger partial charge on any atom is -0.207 e. The largest absolute Gasteiger partial charge is 0.207 e. The van der Waals surface area contributed by atoms with Crippen molar-refractivity contribution in [1.29, 1.82) is 0 Å². The summed E-state index contributed by atoms with van der Waals surface area (Å²) >= 11 is 14.2. The summed E-state index contributed by atoms with van der Waals surface area (Å²) in [5, 5.41) is 0.577. The summed E-state index contributed by atoms with van der Waals surface area (Å²) in [5.74, 6) is 5.04. The maximum atomic E-state index is 15.5. The van der Waals surface area contributed by atoms with Crippen molar-refractivity contribution >= 4 is 60.2 Å². The van der Waals surface area contributed by atoms with Crippen molar-refractivity contribution in [2.45, 2.75) is 11.3 Å². The van der Waals surface area contributed by atoms with Crippen LogP contribution in [0.5, 0.6) is 0 Å². The molecule has 0 saturated carbocycles. The van der Waals surface area contributed by atoms with E-state index >= 15 is 4.39 Å². The molecule has 0 fully saturated rings. The van der Waals surface area contributed by atoms with Crippen LogP contribution in [0.15, 0.2) is 166 Å². The average Bonchev–Trinajstić information content (AvgIpc) is 3.14. The molecule has 6 aromatic carbocycles. The quantitative estimate of drug-likeness (QED) is 0.147. The van der Waals surface area contributed by atoms with E-state index in [1.165, 1.54) is 6.07 Å². The second kappa shape index (κ2) is 14.1. The summed E-state index contributed by atoms with van der Waals surface area (Å²) in [7, 11) is 0. The number of halogens is 4. The fourth-order valence-corrected chi connectivity index (χ4v) is 8.25. The molecule has 0 aromatic heterocycles. The van der Waals surface area contributed by atoms with Crippen LogP contribution in [0.1, 0.15) is 44.9 Å². The monoisotopic (exact) mass is 792 g/mol. The molecule has 0 spiro atoms. The van der Waals surface area contributed by atoms with Crippen LogP contribution in [0.4, 0.5) is 4.39 Å². The molecular formula is C46H28Br2ClF. The molecule has 0 bridgehead atoms. The zero-order chi connectivity index (χ0) is 34.8. The van der Waals surface area contributed by atoms with Gasteiger partial charge in [0.1, 0.15) is 5.82 Å². The summed E-state index contributed by atoms with van der Waals surface area (Å²) < 4.78 is 17.4. The van der Waals surface area contributed by atoms with E-state index in [0.717, 1.165) is 64.6 Å². The predicted octanol–water partition coefficient (Wildman–Crippen LogP) is 12.8. The third-order valence-electron chi connectivity index (χ3n) is 9.32. The highest BCUT2D eigenvalue weighted by Crippen LogP contribution is 2.64. The van der Waals surface area contributed by atoms with Crippen molar-refractivity contribution in [2.24, 2.45) is 0 Å². The Morgan fingerprint density at radius 2 is 1.26 bits per heavy atom. The highest BCUT2D eigenvalue weighted by atomic mass is 79.9. The maximum absolute atomic E-state index is 15.5. The van der Waals surface area contributed by atoms with Gasteiger partial charge in [-0.2, -0.15) is 0 Å². The van der Waals surface area contributed by atoms with Crippen molar-refractivity contribution in [2.75, 3.05) is 0 Å². The Labute approximate surface area is 314 Å². The Balaban J connectivity index is 1.81. The van der Waals surface area contributed by atoms with Gasteiger partial charge < -0.3 is 0 Å². The van der Waals surface area contributed by atoms with E-state index in [2.05, 4.69) is 104 Å². The second-order valence-electron chi connectivity index (χ2n) is 12.1. The van der Waals surface area contributed by atoms with Gasteiger partial charge in [0, 0.05) is 36.6 Å². The van der Waals surface area contributed by atoms with Crippen molar-refractivity contribution < 1.29 is 4.39 Å². The molecule has 2 unspecified atom stereocenters. The molecule has 7 rings (SSSR count). The number of hydrogen-bond donors (Lipinski definition) is 0. The molecule has 0 N–H and O–H groups in total. The molecule has 0 amide bonds. The van der Waals surface area contributed by atoms with Gasteiger partial charge in [-0.3, -0.25) is 0 Å². The van der Waals surface area contributed by atoms with E-state index in [-0.39, 0.29) is 5.82 Å². The fraction of sp³-hybridized carbons (Fsp3) is 0.0435. The third kappa shape index (κ3) is 5.97. The number of hydrogen-bond acceptors (Lipinski definition) is 0. The van der Waals surface area contributed by atoms with Gasteiger partial charge in [-0.05, 0) is 105 Å². The highest BCUT2D eigenvalue weighted by molar-refractivity contribution is 9.10. The van der Waals surface area contributed by atoms with E-state index < -0.39 is 11.3 Å². The molecule has 0 radical (unpaired) electrons. The third-order valence-corrected chi connectivity index (χ3v) is 10.6. The summed E-state index contributed by atoms with van der Waals surface area (Å²) in [6, 6.07) is 49.7. The van der Waals surface area contributed by atoms with Crippen LogP contribution in [-0.4, -0.2) is 0 Å². The zero-order valence-electron chi connectivity index (χ0n) is 26.7. The van der Waals surface area contributed by atoms with E-state index in [1.807, 2.05) is 72.8 Å². The Kier molecular flexibility index (Phi) is 9.50. The maximum Gasteiger partial charge on any atom is 0.123 e. The zero-order valence-corrected chi connectivity index (χ0v) is 30.6. The normalized spacial score (nSPS) is 17.3. The lowest BCUT2D eigenvalue weighted by molar-refractivity contribution is 0.565. The van der Waals surface area contributed by atoms with Crippen LogP contribution >= 0.6 is 43.5 Å². The fourth-order valence-electron chi connectivity index (χ4n) is 7.40. The SMILES string of the molecule is C#CC1=C(c2cccc(Cl)c2)C(c2ccc(C#C)cc2)=C(c2ccc(Br)cc2)C(c2ccccc2)(c2cccc(Br)c2)C1c1cccc(F)c1. The number of benzene rings is 6. The first kappa shape index (κ1) is 33.6. The molecule has 1 aliphatic rings. The van der Waals surface area contributed by atoms with Crippen LogP contribution in [0.3, 0.4) is 0 Å². The number of rotatable bonds is 6. The molecule has 0 nitrogen and oxygen atoms in total.